The molecule has 0 unspecified atom stereocenters. The van der Waals surface area contributed by atoms with Crippen molar-refractivity contribution in [3.8, 4) is 0 Å². The van der Waals surface area contributed by atoms with Crippen molar-refractivity contribution in [1.82, 2.24) is 0 Å². The van der Waals surface area contributed by atoms with Gasteiger partial charge in [-0.3, -0.25) is 0 Å². The maximum absolute atomic E-state index is 5.86. The van der Waals surface area contributed by atoms with Crippen LogP contribution in [0.15, 0.2) is 0 Å². The summed E-state index contributed by atoms with van der Waals surface area (Å²) in [6, 6.07) is 0. The van der Waals surface area contributed by atoms with Crippen LogP contribution in [0.25, 0.3) is 0 Å². The molecule has 0 atom stereocenters. The highest BCUT2D eigenvalue weighted by Crippen LogP contribution is 2.23. The van der Waals surface area contributed by atoms with Crippen LogP contribution >= 0.6 is 0 Å². The van der Waals surface area contributed by atoms with E-state index in [0.29, 0.717) is 5.54 Å². The van der Waals surface area contributed by atoms with E-state index < -0.39 is 8.56 Å². The van der Waals surface area contributed by atoms with Gasteiger partial charge < -0.3 is 8.85 Å². The molecule has 0 aromatic carbocycles. The molecular weight excluding hydrogens is 180 g/mol. The van der Waals surface area contributed by atoms with Crippen LogP contribution in [0.2, 0.25) is 12.1 Å². The first-order chi connectivity index (χ1) is 6.06. The van der Waals surface area contributed by atoms with Crippen molar-refractivity contribution < 1.29 is 8.85 Å². The second kappa shape index (κ2) is 6.57. The fraction of sp³-hybridized carbons (Fsp3) is 1.00. The van der Waals surface area contributed by atoms with Gasteiger partial charge in [0.05, 0.1) is 0 Å². The van der Waals surface area contributed by atoms with Crippen LogP contribution in [0.3, 0.4) is 0 Å². The van der Waals surface area contributed by atoms with Crippen LogP contribution in [0.1, 0.15) is 40.5 Å². The Morgan fingerprint density at radius 1 is 1.00 bits per heavy atom. The van der Waals surface area contributed by atoms with Crippen molar-refractivity contribution in [1.29, 1.82) is 0 Å². The molecule has 0 fully saturated rings. The quantitative estimate of drug-likeness (QED) is 0.592. The molecule has 0 amide bonds. The Morgan fingerprint density at radius 2 is 1.38 bits per heavy atom. The van der Waals surface area contributed by atoms with Crippen molar-refractivity contribution in [2.45, 2.75) is 52.6 Å². The Labute approximate surface area is 83.9 Å². The van der Waals surface area contributed by atoms with E-state index in [1.165, 1.54) is 0 Å². The Balaban J connectivity index is 4.00. The van der Waals surface area contributed by atoms with Gasteiger partial charge in [-0.1, -0.05) is 27.7 Å². The van der Waals surface area contributed by atoms with Gasteiger partial charge in [0.2, 0.25) is 0 Å². The first kappa shape index (κ1) is 13.1. The smallest absolute Gasteiger partial charge is 0.337 e. The summed E-state index contributed by atoms with van der Waals surface area (Å²) in [5.41, 5.74) is 0.533. The third-order valence-electron chi connectivity index (χ3n) is 2.23. The highest BCUT2D eigenvalue weighted by molar-refractivity contribution is 6.67. The second-order valence-electron chi connectivity index (χ2n) is 3.87. The van der Waals surface area contributed by atoms with E-state index in [0.717, 1.165) is 26.1 Å². The molecule has 0 saturated heterocycles. The molecule has 0 heterocycles. The predicted octanol–water partition coefficient (Wildman–Crippen LogP) is 3.32. The maximum atomic E-state index is 5.86. The Bertz CT molecular complexity index is 118. The largest absolute Gasteiger partial charge is 0.394 e. The lowest BCUT2D eigenvalue weighted by atomic mass is 10.5. The van der Waals surface area contributed by atoms with Gasteiger partial charge in [0.25, 0.3) is 0 Å². The monoisotopic (exact) mass is 204 g/mol. The van der Waals surface area contributed by atoms with Crippen LogP contribution in [0.4, 0.5) is 0 Å². The minimum Gasteiger partial charge on any atom is -0.394 e. The molecular formula is C10H24O2Si. The van der Waals surface area contributed by atoms with Gasteiger partial charge in [0, 0.05) is 13.2 Å². The zero-order valence-corrected chi connectivity index (χ0v) is 10.7. The van der Waals surface area contributed by atoms with Crippen LogP contribution in [-0.4, -0.2) is 21.8 Å². The standard InChI is InChI=1S/C10H24O2Si/c1-6-8-11-13(5,10(3)4)12-9-7-2/h10H,6-9H2,1-5H3. The SMILES string of the molecule is CCCO[Si](C)(OCCC)C(C)C. The first-order valence-corrected chi connectivity index (χ1v) is 7.74. The van der Waals surface area contributed by atoms with Gasteiger partial charge in [-0.25, -0.2) is 0 Å². The average molecular weight is 204 g/mol. The van der Waals surface area contributed by atoms with E-state index in [2.05, 4.69) is 34.2 Å². The molecule has 0 aromatic heterocycles. The summed E-state index contributed by atoms with van der Waals surface area (Å²) >= 11 is 0. The zero-order chi connectivity index (χ0) is 10.3. The molecule has 0 spiro atoms. The van der Waals surface area contributed by atoms with Crippen molar-refractivity contribution >= 4 is 8.56 Å². The van der Waals surface area contributed by atoms with Crippen molar-refractivity contribution in [2.24, 2.45) is 0 Å². The predicted molar refractivity (Wildman–Crippen MR) is 59.2 cm³/mol. The molecule has 0 aromatic rings. The highest BCUT2D eigenvalue weighted by atomic mass is 28.4. The zero-order valence-electron chi connectivity index (χ0n) is 9.72. The van der Waals surface area contributed by atoms with Crippen LogP contribution < -0.4 is 0 Å². The van der Waals surface area contributed by atoms with Gasteiger partial charge in [0.15, 0.2) is 0 Å². The lowest BCUT2D eigenvalue weighted by Gasteiger charge is -2.30. The van der Waals surface area contributed by atoms with Gasteiger partial charge in [-0.15, -0.1) is 0 Å². The summed E-state index contributed by atoms with van der Waals surface area (Å²) in [6.45, 7) is 12.5. The molecule has 0 bridgehead atoms. The normalized spacial score (nSPS) is 12.5. The Kier molecular flexibility index (Phi) is 6.64. The third kappa shape index (κ3) is 4.79. The fourth-order valence-electron chi connectivity index (χ4n) is 0.984. The van der Waals surface area contributed by atoms with E-state index >= 15 is 0 Å². The molecule has 0 saturated carbocycles. The lowest BCUT2D eigenvalue weighted by molar-refractivity contribution is 0.166. The molecule has 2 nitrogen and oxygen atoms in total. The molecule has 13 heavy (non-hydrogen) atoms. The van der Waals surface area contributed by atoms with Gasteiger partial charge >= 0.3 is 8.56 Å². The Hall–Kier alpha value is 0.137. The third-order valence-corrected chi connectivity index (χ3v) is 5.89. The van der Waals surface area contributed by atoms with Gasteiger partial charge in [-0.05, 0) is 24.9 Å². The van der Waals surface area contributed by atoms with Crippen LogP contribution in [-0.2, 0) is 8.85 Å². The average Bonchev–Trinajstić information content (AvgIpc) is 2.11. The molecule has 0 rings (SSSR count). The van der Waals surface area contributed by atoms with E-state index in [1.807, 2.05) is 0 Å². The summed E-state index contributed by atoms with van der Waals surface area (Å²) in [6.07, 6.45) is 2.15. The molecule has 0 aliphatic heterocycles. The summed E-state index contributed by atoms with van der Waals surface area (Å²) in [5.74, 6) is 0. The van der Waals surface area contributed by atoms with Crippen molar-refractivity contribution in [3.05, 3.63) is 0 Å². The number of hydrogen-bond donors (Lipinski definition) is 0. The maximum Gasteiger partial charge on any atom is 0.337 e. The minimum atomic E-state index is -1.87. The summed E-state index contributed by atoms with van der Waals surface area (Å²) in [7, 11) is -1.87. The topological polar surface area (TPSA) is 18.5 Å². The van der Waals surface area contributed by atoms with Gasteiger partial charge in [0.1, 0.15) is 0 Å². The molecule has 0 radical (unpaired) electrons. The molecule has 3 heteroatoms. The van der Waals surface area contributed by atoms with E-state index in [4.69, 9.17) is 8.85 Å². The first-order valence-electron chi connectivity index (χ1n) is 5.34. The van der Waals surface area contributed by atoms with E-state index in [9.17, 15) is 0 Å². The van der Waals surface area contributed by atoms with Crippen LogP contribution in [0, 0.1) is 0 Å². The minimum absolute atomic E-state index is 0.533. The molecule has 80 valence electrons. The van der Waals surface area contributed by atoms with Gasteiger partial charge in [-0.2, -0.15) is 0 Å². The Morgan fingerprint density at radius 3 is 1.62 bits per heavy atom. The number of hydrogen-bond acceptors (Lipinski definition) is 2. The van der Waals surface area contributed by atoms with Crippen LogP contribution in [0.5, 0.6) is 0 Å². The summed E-state index contributed by atoms with van der Waals surface area (Å²) in [5, 5.41) is 0. The summed E-state index contributed by atoms with van der Waals surface area (Å²) in [4.78, 5) is 0. The highest BCUT2D eigenvalue weighted by Gasteiger charge is 2.35. The summed E-state index contributed by atoms with van der Waals surface area (Å²) < 4.78 is 11.7. The lowest BCUT2D eigenvalue weighted by Crippen LogP contribution is -2.42. The second-order valence-corrected chi connectivity index (χ2v) is 7.63. The molecule has 0 N–H and O–H groups in total. The van der Waals surface area contributed by atoms with E-state index in [1.54, 1.807) is 0 Å². The fourth-order valence-corrected chi connectivity index (χ4v) is 2.95. The van der Waals surface area contributed by atoms with Crippen molar-refractivity contribution in [3.63, 3.8) is 0 Å². The van der Waals surface area contributed by atoms with E-state index in [-0.39, 0.29) is 0 Å². The number of rotatable bonds is 7. The van der Waals surface area contributed by atoms with Crippen molar-refractivity contribution in [2.75, 3.05) is 13.2 Å². The molecule has 0 aliphatic carbocycles. The molecule has 0 aliphatic rings.